The molecule has 1 aromatic rings. The van der Waals surface area contributed by atoms with E-state index in [4.69, 9.17) is 22.1 Å². The predicted octanol–water partition coefficient (Wildman–Crippen LogP) is 3.72. The van der Waals surface area contributed by atoms with Crippen molar-refractivity contribution in [2.45, 2.75) is 26.7 Å². The molecule has 1 rings (SSSR count). The lowest BCUT2D eigenvalue weighted by atomic mass is 10.1. The minimum atomic E-state index is -0.263. The molecular formula is C15H22BrClN2O2. The van der Waals surface area contributed by atoms with Gasteiger partial charge < -0.3 is 15.4 Å². The third kappa shape index (κ3) is 5.08. The molecule has 0 radical (unpaired) electrons. The molecule has 21 heavy (non-hydrogen) atoms. The van der Waals surface area contributed by atoms with E-state index in [9.17, 15) is 4.79 Å². The fraction of sp³-hybridized carbons (Fsp3) is 0.533. The van der Waals surface area contributed by atoms with Crippen LogP contribution in [0, 0.1) is 6.92 Å². The van der Waals surface area contributed by atoms with Crippen LogP contribution in [0.5, 0.6) is 5.75 Å². The highest BCUT2D eigenvalue weighted by atomic mass is 79.9. The summed E-state index contributed by atoms with van der Waals surface area (Å²) in [5.74, 6) is 0.670. The molecule has 0 amide bonds. The van der Waals surface area contributed by atoms with Gasteiger partial charge in [-0.1, -0.05) is 28.9 Å². The molecule has 4 nitrogen and oxygen atoms in total. The molecule has 0 bridgehead atoms. The van der Waals surface area contributed by atoms with Crippen LogP contribution in [0.1, 0.15) is 25.3 Å². The molecule has 0 atom stereocenters. The molecule has 0 aromatic heterocycles. The van der Waals surface area contributed by atoms with Crippen molar-refractivity contribution in [3.8, 4) is 5.75 Å². The monoisotopic (exact) mass is 376 g/mol. The van der Waals surface area contributed by atoms with Crippen molar-refractivity contribution in [1.82, 2.24) is 0 Å². The Labute approximate surface area is 139 Å². The summed E-state index contributed by atoms with van der Waals surface area (Å²) in [7, 11) is 0. The molecule has 0 saturated carbocycles. The van der Waals surface area contributed by atoms with Gasteiger partial charge in [0, 0.05) is 30.7 Å². The van der Waals surface area contributed by atoms with Crippen molar-refractivity contribution in [1.29, 1.82) is 0 Å². The summed E-state index contributed by atoms with van der Waals surface area (Å²) in [6, 6.07) is 3.85. The molecule has 1 aromatic carbocycles. The van der Waals surface area contributed by atoms with Crippen molar-refractivity contribution < 1.29 is 9.53 Å². The number of benzene rings is 1. The first-order valence-corrected chi connectivity index (χ1v) is 8.67. The summed E-state index contributed by atoms with van der Waals surface area (Å²) in [5, 5.41) is 0.792. The number of aryl methyl sites for hydroxylation is 1. The van der Waals surface area contributed by atoms with E-state index in [0.717, 1.165) is 29.5 Å². The number of nitrogens with zero attached hydrogens (tertiary/aromatic N) is 1. The second-order valence-electron chi connectivity index (χ2n) is 4.73. The van der Waals surface area contributed by atoms with E-state index in [-0.39, 0.29) is 5.97 Å². The van der Waals surface area contributed by atoms with Crippen LogP contribution in [0.4, 0.5) is 11.4 Å². The zero-order chi connectivity index (χ0) is 15.8. The van der Waals surface area contributed by atoms with E-state index in [0.29, 0.717) is 30.3 Å². The SMILES string of the molecule is CCCC(=O)Oc1c(N(CCCl)CCBr)ccc(C)c1N. The highest BCUT2D eigenvalue weighted by Crippen LogP contribution is 2.37. The number of nitrogens with two attached hydrogens (primary N) is 1. The van der Waals surface area contributed by atoms with Crippen LogP contribution in [0.15, 0.2) is 12.1 Å². The van der Waals surface area contributed by atoms with Crippen LogP contribution in [0.25, 0.3) is 0 Å². The first kappa shape index (κ1) is 18.1. The maximum atomic E-state index is 11.8. The number of anilines is 2. The average molecular weight is 378 g/mol. The van der Waals surface area contributed by atoms with Gasteiger partial charge in [0.1, 0.15) is 0 Å². The van der Waals surface area contributed by atoms with Crippen LogP contribution in [-0.2, 0) is 4.79 Å². The Morgan fingerprint density at radius 1 is 1.43 bits per heavy atom. The number of ether oxygens (including phenoxy) is 1. The second-order valence-corrected chi connectivity index (χ2v) is 5.90. The number of esters is 1. The summed E-state index contributed by atoms with van der Waals surface area (Å²) < 4.78 is 5.51. The Morgan fingerprint density at radius 2 is 2.14 bits per heavy atom. The molecule has 0 aliphatic carbocycles. The highest BCUT2D eigenvalue weighted by molar-refractivity contribution is 9.09. The largest absolute Gasteiger partial charge is 0.422 e. The first-order valence-electron chi connectivity index (χ1n) is 7.01. The molecule has 0 heterocycles. The van der Waals surface area contributed by atoms with Gasteiger partial charge in [-0.25, -0.2) is 0 Å². The number of hydrogen-bond acceptors (Lipinski definition) is 4. The van der Waals surface area contributed by atoms with Gasteiger partial charge in [0.05, 0.1) is 11.4 Å². The minimum absolute atomic E-state index is 0.263. The molecule has 0 saturated heterocycles. The normalized spacial score (nSPS) is 10.5. The van der Waals surface area contributed by atoms with Gasteiger partial charge in [0.2, 0.25) is 0 Å². The van der Waals surface area contributed by atoms with E-state index in [1.54, 1.807) is 0 Å². The molecule has 118 valence electrons. The molecule has 0 aliphatic rings. The van der Waals surface area contributed by atoms with Gasteiger partial charge >= 0.3 is 5.97 Å². The summed E-state index contributed by atoms with van der Waals surface area (Å²) >= 11 is 9.29. The number of alkyl halides is 2. The van der Waals surface area contributed by atoms with Gasteiger partial charge in [-0.2, -0.15) is 0 Å². The van der Waals surface area contributed by atoms with E-state index < -0.39 is 0 Å². The molecular weight excluding hydrogens is 356 g/mol. The Hall–Kier alpha value is -0.940. The van der Waals surface area contributed by atoms with Crippen LogP contribution in [-0.4, -0.2) is 30.3 Å². The Kier molecular flexibility index (Phi) is 7.89. The van der Waals surface area contributed by atoms with E-state index >= 15 is 0 Å². The fourth-order valence-electron chi connectivity index (χ4n) is 1.97. The minimum Gasteiger partial charge on any atom is -0.422 e. The lowest BCUT2D eigenvalue weighted by molar-refractivity contribution is -0.134. The Morgan fingerprint density at radius 3 is 2.71 bits per heavy atom. The van der Waals surface area contributed by atoms with Crippen LogP contribution in [0.3, 0.4) is 0 Å². The van der Waals surface area contributed by atoms with Crippen LogP contribution >= 0.6 is 27.5 Å². The van der Waals surface area contributed by atoms with Gasteiger partial charge in [-0.3, -0.25) is 4.79 Å². The predicted molar refractivity (Wildman–Crippen MR) is 92.9 cm³/mol. The van der Waals surface area contributed by atoms with E-state index in [2.05, 4.69) is 20.8 Å². The zero-order valence-electron chi connectivity index (χ0n) is 12.5. The first-order chi connectivity index (χ1) is 10.0. The van der Waals surface area contributed by atoms with Gasteiger partial charge in [-0.05, 0) is 25.0 Å². The zero-order valence-corrected chi connectivity index (χ0v) is 14.8. The molecule has 0 aliphatic heterocycles. The average Bonchev–Trinajstić information content (AvgIpc) is 2.44. The Balaban J connectivity index is 3.17. The molecule has 0 spiro atoms. The lowest BCUT2D eigenvalue weighted by Gasteiger charge is -2.26. The van der Waals surface area contributed by atoms with Crippen molar-refractivity contribution in [2.75, 3.05) is 34.9 Å². The van der Waals surface area contributed by atoms with Gasteiger partial charge in [0.25, 0.3) is 0 Å². The summed E-state index contributed by atoms with van der Waals surface area (Å²) in [5.41, 5.74) is 8.31. The topological polar surface area (TPSA) is 55.6 Å². The highest BCUT2D eigenvalue weighted by Gasteiger charge is 2.18. The van der Waals surface area contributed by atoms with Crippen molar-refractivity contribution in [3.05, 3.63) is 17.7 Å². The molecule has 2 N–H and O–H groups in total. The van der Waals surface area contributed by atoms with Crippen molar-refractivity contribution >= 4 is 44.9 Å². The van der Waals surface area contributed by atoms with Gasteiger partial charge in [-0.15, -0.1) is 11.6 Å². The molecule has 0 fully saturated rings. The number of nitrogen functional groups attached to an aromatic ring is 1. The number of hydrogen-bond donors (Lipinski definition) is 1. The van der Waals surface area contributed by atoms with Crippen LogP contribution in [0.2, 0.25) is 0 Å². The lowest BCUT2D eigenvalue weighted by Crippen LogP contribution is -2.28. The second kappa shape index (κ2) is 9.15. The van der Waals surface area contributed by atoms with Crippen LogP contribution < -0.4 is 15.4 Å². The Bertz CT molecular complexity index is 477. The summed E-state index contributed by atoms with van der Waals surface area (Å²) in [6.45, 7) is 5.25. The third-order valence-electron chi connectivity index (χ3n) is 3.11. The quantitative estimate of drug-likeness (QED) is 0.325. The third-order valence-corrected chi connectivity index (χ3v) is 3.64. The number of halogens is 2. The van der Waals surface area contributed by atoms with E-state index in [1.807, 2.05) is 26.0 Å². The number of carbonyl (C=O) groups excluding carboxylic acids is 1. The molecule has 0 unspecified atom stereocenters. The van der Waals surface area contributed by atoms with Crippen molar-refractivity contribution in [2.24, 2.45) is 0 Å². The summed E-state index contributed by atoms with van der Waals surface area (Å²) in [6.07, 6.45) is 1.12. The van der Waals surface area contributed by atoms with Crippen molar-refractivity contribution in [3.63, 3.8) is 0 Å². The maximum Gasteiger partial charge on any atom is 0.311 e. The number of carbonyl (C=O) groups is 1. The van der Waals surface area contributed by atoms with Gasteiger partial charge in [0.15, 0.2) is 5.75 Å². The smallest absolute Gasteiger partial charge is 0.311 e. The maximum absolute atomic E-state index is 11.8. The van der Waals surface area contributed by atoms with E-state index in [1.165, 1.54) is 0 Å². The number of rotatable bonds is 8. The summed E-state index contributed by atoms with van der Waals surface area (Å²) in [4.78, 5) is 13.9. The fourth-order valence-corrected chi connectivity index (χ4v) is 2.60. The standard InChI is InChI=1S/C15H22BrClN2O2/c1-3-4-13(20)21-15-12(6-5-11(2)14(15)18)19(9-7-16)10-8-17/h5-6H,3-4,7-10,18H2,1-2H3. The molecule has 6 heteroatoms.